The zero-order valence-electron chi connectivity index (χ0n) is 19.1. The van der Waals surface area contributed by atoms with E-state index in [1.54, 1.807) is 29.2 Å². The van der Waals surface area contributed by atoms with Crippen LogP contribution in [0.3, 0.4) is 0 Å². The van der Waals surface area contributed by atoms with E-state index in [0.717, 1.165) is 30.6 Å². The maximum Gasteiger partial charge on any atom is 0.251 e. The lowest BCUT2D eigenvalue weighted by atomic mass is 10.1. The summed E-state index contributed by atoms with van der Waals surface area (Å²) in [6.45, 7) is 2.74. The van der Waals surface area contributed by atoms with E-state index in [1.807, 2.05) is 30.5 Å². The van der Waals surface area contributed by atoms with E-state index in [0.29, 0.717) is 41.9 Å². The van der Waals surface area contributed by atoms with Crippen LogP contribution in [0, 0.1) is 6.92 Å². The van der Waals surface area contributed by atoms with Gasteiger partial charge in [0, 0.05) is 22.7 Å². The van der Waals surface area contributed by atoms with Crippen molar-refractivity contribution < 1.29 is 23.5 Å². The second-order valence-electron chi connectivity index (χ2n) is 8.69. The van der Waals surface area contributed by atoms with Gasteiger partial charge in [0.05, 0.1) is 6.42 Å². The Kier molecular flexibility index (Phi) is 6.58. The van der Waals surface area contributed by atoms with E-state index in [1.165, 1.54) is 11.3 Å². The lowest BCUT2D eigenvalue weighted by Crippen LogP contribution is -2.46. The fourth-order valence-electron chi connectivity index (χ4n) is 4.59. The smallest absolute Gasteiger partial charge is 0.251 e. The molecule has 3 heterocycles. The quantitative estimate of drug-likeness (QED) is 0.526. The SMILES string of the molecule is Cc1ccc(C(C(=O)NC2CCCC2)N(C(=O)Cc2cccs2)c2ccc3c(c2)OCCO3)o1. The topological polar surface area (TPSA) is 81.0 Å². The number of amides is 2. The minimum absolute atomic E-state index is 0.112. The molecule has 8 heteroatoms. The van der Waals surface area contributed by atoms with Crippen molar-refractivity contribution in [3.63, 3.8) is 0 Å². The van der Waals surface area contributed by atoms with Crippen LogP contribution in [0.2, 0.25) is 0 Å². The van der Waals surface area contributed by atoms with Crippen molar-refractivity contribution in [3.05, 3.63) is 64.2 Å². The van der Waals surface area contributed by atoms with Gasteiger partial charge in [-0.25, -0.2) is 0 Å². The maximum atomic E-state index is 13.8. The number of fused-ring (bicyclic) bond motifs is 1. The molecule has 3 aromatic rings. The van der Waals surface area contributed by atoms with E-state index >= 15 is 0 Å². The van der Waals surface area contributed by atoms with Gasteiger partial charge in [0.2, 0.25) is 5.91 Å². The molecule has 2 aliphatic rings. The molecule has 1 aliphatic carbocycles. The molecule has 34 heavy (non-hydrogen) atoms. The first kappa shape index (κ1) is 22.5. The number of thiophene rings is 1. The Labute approximate surface area is 202 Å². The highest BCUT2D eigenvalue weighted by atomic mass is 32.1. The summed E-state index contributed by atoms with van der Waals surface area (Å²) in [6.07, 6.45) is 4.27. The summed E-state index contributed by atoms with van der Waals surface area (Å²) in [5.41, 5.74) is 0.562. The largest absolute Gasteiger partial charge is 0.486 e. The molecule has 0 bridgehead atoms. The number of hydrogen-bond acceptors (Lipinski definition) is 6. The van der Waals surface area contributed by atoms with Crippen LogP contribution < -0.4 is 19.7 Å². The van der Waals surface area contributed by atoms with E-state index in [9.17, 15) is 9.59 Å². The fraction of sp³-hybridized carbons (Fsp3) is 0.385. The number of anilines is 1. The standard InChI is InChI=1S/C26H28N2O5S/c1-17-8-10-22(33-17)25(26(30)27-18-5-2-3-6-18)28(24(29)16-20-7-4-14-34-20)19-9-11-21-23(15-19)32-13-12-31-21/h4,7-11,14-15,18,25H,2-3,5-6,12-13,16H2,1H3,(H,27,30). The normalized spacial score (nSPS) is 16.3. The molecule has 2 amide bonds. The van der Waals surface area contributed by atoms with E-state index in [4.69, 9.17) is 13.9 Å². The highest BCUT2D eigenvalue weighted by Crippen LogP contribution is 2.38. The highest BCUT2D eigenvalue weighted by molar-refractivity contribution is 7.10. The number of hydrogen-bond donors (Lipinski definition) is 1. The van der Waals surface area contributed by atoms with Gasteiger partial charge in [-0.1, -0.05) is 18.9 Å². The predicted octanol–water partition coefficient (Wildman–Crippen LogP) is 4.80. The van der Waals surface area contributed by atoms with Crippen LogP contribution in [-0.4, -0.2) is 31.1 Å². The molecular formula is C26H28N2O5S. The summed E-state index contributed by atoms with van der Waals surface area (Å²) in [7, 11) is 0. The Balaban J connectivity index is 1.55. The summed E-state index contributed by atoms with van der Waals surface area (Å²) in [4.78, 5) is 30.0. The van der Waals surface area contributed by atoms with E-state index < -0.39 is 6.04 Å². The zero-order valence-corrected chi connectivity index (χ0v) is 19.9. The molecular weight excluding hydrogens is 452 g/mol. The average Bonchev–Trinajstić information content (AvgIpc) is 3.61. The number of furan rings is 1. The molecule has 2 aromatic heterocycles. The van der Waals surface area contributed by atoms with E-state index in [2.05, 4.69) is 5.32 Å². The Bertz CT molecular complexity index is 1150. The molecule has 7 nitrogen and oxygen atoms in total. The number of benzene rings is 1. The molecule has 1 saturated carbocycles. The van der Waals surface area contributed by atoms with Gasteiger partial charge in [0.15, 0.2) is 17.5 Å². The summed E-state index contributed by atoms with van der Waals surface area (Å²) in [5.74, 6) is 1.86. The maximum absolute atomic E-state index is 13.8. The van der Waals surface area contributed by atoms with Crippen LogP contribution in [0.1, 0.15) is 48.1 Å². The number of aryl methyl sites for hydroxylation is 1. The third-order valence-electron chi connectivity index (χ3n) is 6.22. The van der Waals surface area contributed by atoms with Crippen molar-refractivity contribution in [1.29, 1.82) is 0 Å². The number of carbonyl (C=O) groups is 2. The van der Waals surface area contributed by atoms with Gasteiger partial charge in [-0.15, -0.1) is 11.3 Å². The van der Waals surface area contributed by atoms with Crippen molar-refractivity contribution in [2.24, 2.45) is 0 Å². The number of rotatable bonds is 7. The van der Waals surface area contributed by atoms with Gasteiger partial charge < -0.3 is 19.2 Å². The lowest BCUT2D eigenvalue weighted by Gasteiger charge is -2.31. The molecule has 1 aliphatic heterocycles. The molecule has 0 spiro atoms. The molecule has 1 N–H and O–H groups in total. The van der Waals surface area contributed by atoms with Crippen molar-refractivity contribution in [3.8, 4) is 11.5 Å². The molecule has 1 aromatic carbocycles. The molecule has 178 valence electrons. The zero-order chi connectivity index (χ0) is 23.5. The van der Waals surface area contributed by atoms with Crippen LogP contribution in [0.15, 0.2) is 52.3 Å². The number of carbonyl (C=O) groups excluding carboxylic acids is 2. The summed E-state index contributed by atoms with van der Waals surface area (Å²) in [5, 5.41) is 5.11. The van der Waals surface area contributed by atoms with Crippen LogP contribution >= 0.6 is 11.3 Å². The minimum Gasteiger partial charge on any atom is -0.486 e. The summed E-state index contributed by atoms with van der Waals surface area (Å²) < 4.78 is 17.4. The van der Waals surface area contributed by atoms with Crippen molar-refractivity contribution in [2.45, 2.75) is 51.1 Å². The Morgan fingerprint density at radius 3 is 2.59 bits per heavy atom. The second kappa shape index (κ2) is 9.93. The Morgan fingerprint density at radius 2 is 1.88 bits per heavy atom. The third kappa shape index (κ3) is 4.82. The van der Waals surface area contributed by atoms with Gasteiger partial charge in [-0.3, -0.25) is 14.5 Å². The number of nitrogens with one attached hydrogen (secondary N) is 1. The molecule has 1 atom stereocenters. The minimum atomic E-state index is -0.940. The van der Waals surface area contributed by atoms with Gasteiger partial charge >= 0.3 is 0 Å². The average molecular weight is 481 g/mol. The number of ether oxygens (including phenoxy) is 2. The fourth-order valence-corrected chi connectivity index (χ4v) is 5.29. The molecule has 1 fully saturated rings. The first-order chi connectivity index (χ1) is 16.6. The van der Waals surface area contributed by atoms with Crippen molar-refractivity contribution >= 4 is 28.8 Å². The van der Waals surface area contributed by atoms with Crippen molar-refractivity contribution in [1.82, 2.24) is 5.32 Å². The van der Waals surface area contributed by atoms with Gasteiger partial charge in [0.25, 0.3) is 5.91 Å². The van der Waals surface area contributed by atoms with Gasteiger partial charge in [-0.2, -0.15) is 0 Å². The summed E-state index contributed by atoms with van der Waals surface area (Å²) in [6, 6.07) is 12.0. The molecule has 5 rings (SSSR count). The lowest BCUT2D eigenvalue weighted by molar-refractivity contribution is -0.127. The number of nitrogens with zero attached hydrogens (tertiary/aromatic N) is 1. The van der Waals surface area contributed by atoms with Gasteiger partial charge in [-0.05, 0) is 55.5 Å². The van der Waals surface area contributed by atoms with Crippen molar-refractivity contribution in [2.75, 3.05) is 18.1 Å². The first-order valence-electron chi connectivity index (χ1n) is 11.7. The monoisotopic (exact) mass is 480 g/mol. The predicted molar refractivity (Wildman–Crippen MR) is 130 cm³/mol. The summed E-state index contributed by atoms with van der Waals surface area (Å²) >= 11 is 1.52. The van der Waals surface area contributed by atoms with E-state index in [-0.39, 0.29) is 24.3 Å². The van der Waals surface area contributed by atoms with Crippen LogP contribution in [-0.2, 0) is 16.0 Å². The molecule has 0 radical (unpaired) electrons. The Morgan fingerprint density at radius 1 is 1.09 bits per heavy atom. The van der Waals surface area contributed by atoms with Crippen LogP contribution in [0.5, 0.6) is 11.5 Å². The van der Waals surface area contributed by atoms with Gasteiger partial charge in [0.1, 0.15) is 24.7 Å². The molecule has 1 unspecified atom stereocenters. The second-order valence-corrected chi connectivity index (χ2v) is 9.72. The van der Waals surface area contributed by atoms with Crippen LogP contribution in [0.25, 0.3) is 0 Å². The third-order valence-corrected chi connectivity index (χ3v) is 7.09. The van der Waals surface area contributed by atoms with Crippen LogP contribution in [0.4, 0.5) is 5.69 Å². The Hall–Kier alpha value is -3.26. The molecule has 0 saturated heterocycles. The highest BCUT2D eigenvalue weighted by Gasteiger charge is 2.37. The first-order valence-corrected chi connectivity index (χ1v) is 12.6.